The zero-order valence-electron chi connectivity index (χ0n) is 18.5. The Bertz CT molecular complexity index is 1330. The van der Waals surface area contributed by atoms with Gasteiger partial charge in [0, 0.05) is 38.6 Å². The summed E-state index contributed by atoms with van der Waals surface area (Å²) in [5.41, 5.74) is 4.79. The predicted molar refractivity (Wildman–Crippen MR) is 136 cm³/mol. The third kappa shape index (κ3) is 5.47. The van der Waals surface area contributed by atoms with E-state index in [0.717, 1.165) is 17.0 Å². The average molecular weight is 493 g/mol. The number of nitrogens with zero attached hydrogens (tertiary/aromatic N) is 1. The molecule has 4 aromatic rings. The van der Waals surface area contributed by atoms with Crippen LogP contribution in [-0.4, -0.2) is 21.8 Å². The van der Waals surface area contributed by atoms with Crippen LogP contribution in [0.4, 0.5) is 16.2 Å². The van der Waals surface area contributed by atoms with E-state index in [9.17, 15) is 9.59 Å². The Hall–Kier alpha value is -3.61. The van der Waals surface area contributed by atoms with Gasteiger partial charge in [0.25, 0.3) is 0 Å². The van der Waals surface area contributed by atoms with E-state index >= 15 is 0 Å². The molecule has 0 bridgehead atoms. The highest BCUT2D eigenvalue weighted by Crippen LogP contribution is 2.26. The highest BCUT2D eigenvalue weighted by atomic mass is 35.5. The summed E-state index contributed by atoms with van der Waals surface area (Å²) < 4.78 is 0. The van der Waals surface area contributed by atoms with Gasteiger partial charge in [-0.2, -0.15) is 0 Å². The van der Waals surface area contributed by atoms with Gasteiger partial charge in [0.15, 0.2) is 0 Å². The number of amides is 2. The molecule has 3 N–H and O–H groups in total. The molecule has 1 unspecified atom stereocenters. The molecule has 0 fully saturated rings. The van der Waals surface area contributed by atoms with Crippen molar-refractivity contribution in [3.8, 4) is 0 Å². The van der Waals surface area contributed by atoms with Crippen LogP contribution in [0.5, 0.6) is 0 Å². The number of carbonyl (C=O) groups excluding carboxylic acids is 2. The van der Waals surface area contributed by atoms with Crippen LogP contribution in [-0.2, 0) is 0 Å². The van der Waals surface area contributed by atoms with E-state index in [4.69, 9.17) is 23.2 Å². The van der Waals surface area contributed by atoms with Crippen LogP contribution < -0.4 is 10.6 Å². The molecular weight excluding hydrogens is 471 g/mol. The zero-order valence-corrected chi connectivity index (χ0v) is 20.0. The molecule has 34 heavy (non-hydrogen) atoms. The van der Waals surface area contributed by atoms with Crippen molar-refractivity contribution in [2.45, 2.75) is 19.8 Å². The van der Waals surface area contributed by atoms with Gasteiger partial charge in [0.05, 0.1) is 17.6 Å². The van der Waals surface area contributed by atoms with Gasteiger partial charge in [0.1, 0.15) is 0 Å². The number of nitrogens with one attached hydrogen (secondary N) is 3. The minimum absolute atomic E-state index is 0.0835. The molecule has 0 spiro atoms. The minimum atomic E-state index is -0.393. The maximum Gasteiger partial charge on any atom is 0.323 e. The zero-order chi connectivity index (χ0) is 24.2. The Labute approximate surface area is 207 Å². The van der Waals surface area contributed by atoms with Crippen LogP contribution in [0.15, 0.2) is 72.9 Å². The molecule has 0 aliphatic rings. The molecule has 0 aliphatic carbocycles. The van der Waals surface area contributed by atoms with Gasteiger partial charge in [-0.3, -0.25) is 9.78 Å². The lowest BCUT2D eigenvalue weighted by Crippen LogP contribution is -2.19. The summed E-state index contributed by atoms with van der Waals surface area (Å²) in [5.74, 6) is -0.175. The Balaban J connectivity index is 1.44. The summed E-state index contributed by atoms with van der Waals surface area (Å²) in [4.78, 5) is 32.9. The molecule has 6 nitrogen and oxygen atoms in total. The van der Waals surface area contributed by atoms with Crippen LogP contribution in [0.25, 0.3) is 0 Å². The summed E-state index contributed by atoms with van der Waals surface area (Å²) in [5, 5.41) is 6.59. The summed E-state index contributed by atoms with van der Waals surface area (Å²) >= 11 is 11.9. The number of anilines is 2. The third-order valence-corrected chi connectivity index (χ3v) is 5.89. The van der Waals surface area contributed by atoms with E-state index in [1.54, 1.807) is 60.8 Å². The Morgan fingerprint density at radius 3 is 2.32 bits per heavy atom. The van der Waals surface area contributed by atoms with E-state index < -0.39 is 6.03 Å². The molecular formula is C26H22Cl2N4O2. The maximum absolute atomic E-state index is 12.9. The first-order valence-corrected chi connectivity index (χ1v) is 11.3. The first-order valence-electron chi connectivity index (χ1n) is 10.6. The first kappa shape index (κ1) is 23.5. The number of pyridine rings is 1. The number of rotatable bonds is 6. The minimum Gasteiger partial charge on any atom is -0.355 e. The number of urea groups is 1. The van der Waals surface area contributed by atoms with E-state index in [0.29, 0.717) is 32.7 Å². The molecule has 2 aromatic heterocycles. The highest BCUT2D eigenvalue weighted by molar-refractivity contribution is 6.31. The standard InChI is InChI=1S/C26H22Cl2N4O2/c1-15-12-23(32-24(15)25(33)17-6-8-18(27)9-7-17)16(2)22-11-10-21(14-29-22)31-26(34)30-20-5-3-4-19(28)13-20/h3-14,16,32H,1-2H3,(H2,30,31,34). The van der Waals surface area contributed by atoms with Crippen molar-refractivity contribution in [3.05, 3.63) is 111 Å². The lowest BCUT2D eigenvalue weighted by Gasteiger charge is -2.11. The first-order chi connectivity index (χ1) is 16.3. The predicted octanol–water partition coefficient (Wildman–Crippen LogP) is 7.05. The Kier molecular flexibility index (Phi) is 7.01. The Morgan fingerprint density at radius 1 is 0.912 bits per heavy atom. The molecule has 0 saturated heterocycles. The third-order valence-electron chi connectivity index (χ3n) is 5.41. The van der Waals surface area contributed by atoms with E-state index in [2.05, 4.69) is 20.6 Å². The second-order valence-corrected chi connectivity index (χ2v) is 8.77. The number of H-pyrrole nitrogens is 1. The molecule has 2 heterocycles. The number of benzene rings is 2. The molecule has 0 radical (unpaired) electrons. The maximum atomic E-state index is 12.9. The number of hydrogen-bond donors (Lipinski definition) is 3. The molecule has 0 saturated carbocycles. The normalized spacial score (nSPS) is 11.6. The Morgan fingerprint density at radius 2 is 1.65 bits per heavy atom. The number of carbonyl (C=O) groups is 2. The van der Waals surface area contributed by atoms with Crippen LogP contribution in [0.2, 0.25) is 10.0 Å². The van der Waals surface area contributed by atoms with Crippen molar-refractivity contribution in [2.24, 2.45) is 0 Å². The van der Waals surface area contributed by atoms with Crippen molar-refractivity contribution in [1.82, 2.24) is 9.97 Å². The van der Waals surface area contributed by atoms with Crippen LogP contribution >= 0.6 is 23.2 Å². The van der Waals surface area contributed by atoms with Gasteiger partial charge in [0.2, 0.25) is 5.78 Å². The second-order valence-electron chi connectivity index (χ2n) is 7.90. The van der Waals surface area contributed by atoms with E-state index in [-0.39, 0.29) is 11.7 Å². The van der Waals surface area contributed by atoms with Crippen LogP contribution in [0.3, 0.4) is 0 Å². The number of aromatic amines is 1. The lowest BCUT2D eigenvalue weighted by atomic mass is 10.0. The van der Waals surface area contributed by atoms with Crippen LogP contribution in [0, 0.1) is 6.92 Å². The second kappa shape index (κ2) is 10.1. The fourth-order valence-electron chi connectivity index (χ4n) is 3.55. The highest BCUT2D eigenvalue weighted by Gasteiger charge is 2.19. The molecule has 0 aliphatic heterocycles. The SMILES string of the molecule is Cc1cc(C(C)c2ccc(NC(=O)Nc3cccc(Cl)c3)cn2)[nH]c1C(=O)c1ccc(Cl)cc1. The molecule has 172 valence electrons. The molecule has 2 aromatic carbocycles. The average Bonchev–Trinajstić information content (AvgIpc) is 3.20. The quantitative estimate of drug-likeness (QED) is 0.252. The van der Waals surface area contributed by atoms with Gasteiger partial charge in [-0.25, -0.2) is 4.79 Å². The van der Waals surface area contributed by atoms with Crippen molar-refractivity contribution in [3.63, 3.8) is 0 Å². The summed E-state index contributed by atoms with van der Waals surface area (Å²) in [6.45, 7) is 3.90. The largest absolute Gasteiger partial charge is 0.355 e. The van der Waals surface area contributed by atoms with Gasteiger partial charge in [-0.15, -0.1) is 0 Å². The van der Waals surface area contributed by atoms with Crippen molar-refractivity contribution in [2.75, 3.05) is 10.6 Å². The van der Waals surface area contributed by atoms with Crippen molar-refractivity contribution >= 4 is 46.4 Å². The van der Waals surface area contributed by atoms with Gasteiger partial charge < -0.3 is 15.6 Å². The van der Waals surface area contributed by atoms with Crippen LogP contribution in [0.1, 0.15) is 45.8 Å². The van der Waals surface area contributed by atoms with Gasteiger partial charge in [-0.05, 0) is 73.2 Å². The summed E-state index contributed by atoms with van der Waals surface area (Å²) in [6.07, 6.45) is 1.60. The number of hydrogen-bond acceptors (Lipinski definition) is 3. The number of aromatic nitrogens is 2. The lowest BCUT2D eigenvalue weighted by molar-refractivity contribution is 0.103. The summed E-state index contributed by atoms with van der Waals surface area (Å²) in [7, 11) is 0. The van der Waals surface area contributed by atoms with Crippen molar-refractivity contribution < 1.29 is 9.59 Å². The van der Waals surface area contributed by atoms with E-state index in [1.807, 2.05) is 26.0 Å². The topological polar surface area (TPSA) is 86.9 Å². The van der Waals surface area contributed by atoms with Gasteiger partial charge >= 0.3 is 6.03 Å². The number of ketones is 1. The van der Waals surface area contributed by atoms with Crippen molar-refractivity contribution in [1.29, 1.82) is 0 Å². The molecule has 4 rings (SSSR count). The van der Waals surface area contributed by atoms with E-state index in [1.165, 1.54) is 0 Å². The smallest absolute Gasteiger partial charge is 0.323 e. The monoisotopic (exact) mass is 492 g/mol. The molecule has 8 heteroatoms. The number of halogens is 2. The number of aryl methyl sites for hydroxylation is 1. The molecule has 2 amide bonds. The van der Waals surface area contributed by atoms with Gasteiger partial charge in [-0.1, -0.05) is 36.2 Å². The fraction of sp³-hybridized carbons (Fsp3) is 0.115. The fourth-order valence-corrected chi connectivity index (χ4v) is 3.87. The summed E-state index contributed by atoms with van der Waals surface area (Å²) in [6, 6.07) is 18.9. The molecule has 1 atom stereocenters.